The van der Waals surface area contributed by atoms with Crippen LogP contribution >= 0.6 is 0 Å². The number of carbonyl (C=O) groups is 2. The molecule has 2 aromatic carbocycles. The Hall–Kier alpha value is -3.41. The number of nitrogens with one attached hydrogen (secondary N) is 1. The van der Waals surface area contributed by atoms with Gasteiger partial charge in [0.15, 0.2) is 0 Å². The first-order valence-electron chi connectivity index (χ1n) is 11.1. The number of nitrogens with zero attached hydrogens (tertiary/aromatic N) is 3. The van der Waals surface area contributed by atoms with Crippen molar-refractivity contribution in [2.24, 2.45) is 16.8 Å². The minimum Gasteiger partial charge on any atom is -0.360 e. The maximum Gasteiger partial charge on any atom is 0.236 e. The van der Waals surface area contributed by atoms with Crippen LogP contribution < -0.4 is 15.1 Å². The number of para-hydroxylation sites is 4. The average molecular weight is 433 g/mol. The second-order valence-corrected chi connectivity index (χ2v) is 8.76. The van der Waals surface area contributed by atoms with Gasteiger partial charge in [0.05, 0.1) is 22.7 Å². The molecule has 0 spiro atoms. The molecule has 6 nitrogen and oxygen atoms in total. The number of hydrogen-bond acceptors (Lipinski definition) is 4. The van der Waals surface area contributed by atoms with Gasteiger partial charge in [-0.25, -0.2) is 0 Å². The Kier molecular flexibility index (Phi) is 7.82. The molecule has 0 saturated carbocycles. The number of carbonyl (C=O) groups excluding carboxylic acids is 2. The lowest BCUT2D eigenvalue weighted by molar-refractivity contribution is -0.126. The predicted octanol–water partition coefficient (Wildman–Crippen LogP) is 5.40. The number of amides is 2. The highest BCUT2D eigenvalue weighted by molar-refractivity contribution is 6.15. The zero-order valence-corrected chi connectivity index (χ0v) is 19.3. The van der Waals surface area contributed by atoms with Crippen LogP contribution in [0, 0.1) is 11.8 Å². The first kappa shape index (κ1) is 23.3. The van der Waals surface area contributed by atoms with Crippen molar-refractivity contribution in [3.63, 3.8) is 0 Å². The summed E-state index contributed by atoms with van der Waals surface area (Å²) in [6.45, 7) is 9.59. The Labute approximate surface area is 190 Å². The smallest absolute Gasteiger partial charge is 0.236 e. The number of anilines is 3. The van der Waals surface area contributed by atoms with E-state index >= 15 is 0 Å². The van der Waals surface area contributed by atoms with Crippen molar-refractivity contribution in [2.45, 2.75) is 34.1 Å². The molecule has 0 fully saturated rings. The summed E-state index contributed by atoms with van der Waals surface area (Å²) in [5.41, 5.74) is 3.74. The van der Waals surface area contributed by atoms with E-state index < -0.39 is 0 Å². The quantitative estimate of drug-likeness (QED) is 0.658. The van der Waals surface area contributed by atoms with Crippen LogP contribution in [0.4, 0.5) is 22.7 Å². The zero-order valence-electron chi connectivity index (χ0n) is 19.3. The van der Waals surface area contributed by atoms with Crippen molar-refractivity contribution in [1.82, 2.24) is 0 Å². The molecular weight excluding hydrogens is 400 g/mol. The van der Waals surface area contributed by atoms with E-state index in [-0.39, 0.29) is 18.2 Å². The molecule has 0 aliphatic carbocycles. The van der Waals surface area contributed by atoms with Crippen LogP contribution in [0.1, 0.15) is 34.1 Å². The monoisotopic (exact) mass is 432 g/mol. The van der Waals surface area contributed by atoms with Crippen LogP contribution in [-0.4, -0.2) is 31.1 Å². The summed E-state index contributed by atoms with van der Waals surface area (Å²) < 4.78 is 0. The molecule has 4 rings (SSSR count). The molecule has 2 amide bonds. The summed E-state index contributed by atoms with van der Waals surface area (Å²) in [6, 6.07) is 15.6. The highest BCUT2D eigenvalue weighted by Gasteiger charge is 2.31. The maximum absolute atomic E-state index is 12.4. The molecule has 1 N–H and O–H groups in total. The highest BCUT2D eigenvalue weighted by atomic mass is 16.2. The largest absolute Gasteiger partial charge is 0.360 e. The second kappa shape index (κ2) is 10.8. The van der Waals surface area contributed by atoms with Gasteiger partial charge >= 0.3 is 0 Å². The standard InChI is InChI=1S/C17H24N2O2.C9H8N2/c1-12(2)10-18-14-7-5-6-8-15(14)19(11-13(3)4)17(21)9-16(18)20;1-2-5-9-8(4-1)10-6-3-7-11-9/h5-8,12-13H,9-11H2,1-4H3;1-7,10H. The minimum atomic E-state index is -0.104. The zero-order chi connectivity index (χ0) is 23.1. The fraction of sp³-hybridized carbons (Fsp3) is 0.346. The van der Waals surface area contributed by atoms with E-state index in [0.717, 1.165) is 22.7 Å². The van der Waals surface area contributed by atoms with Crippen molar-refractivity contribution in [1.29, 1.82) is 0 Å². The summed E-state index contributed by atoms with van der Waals surface area (Å²) in [7, 11) is 0. The molecule has 0 atom stereocenters. The molecule has 168 valence electrons. The third kappa shape index (κ3) is 5.84. The molecule has 0 bridgehead atoms. The van der Waals surface area contributed by atoms with Gasteiger partial charge in [0.2, 0.25) is 11.8 Å². The first-order valence-corrected chi connectivity index (χ1v) is 11.1. The Bertz CT molecular complexity index is 963. The molecule has 2 aliphatic rings. The van der Waals surface area contributed by atoms with Crippen molar-refractivity contribution in [2.75, 3.05) is 28.2 Å². The third-order valence-corrected chi connectivity index (χ3v) is 5.00. The molecule has 0 radical (unpaired) electrons. The van der Waals surface area contributed by atoms with E-state index in [0.29, 0.717) is 24.9 Å². The fourth-order valence-corrected chi connectivity index (χ4v) is 3.65. The Balaban J connectivity index is 0.000000219. The van der Waals surface area contributed by atoms with E-state index in [4.69, 9.17) is 0 Å². The van der Waals surface area contributed by atoms with Gasteiger partial charge in [-0.2, -0.15) is 0 Å². The summed E-state index contributed by atoms with van der Waals surface area (Å²) in [5, 5.41) is 3.12. The lowest BCUT2D eigenvalue weighted by Gasteiger charge is -2.27. The number of fused-ring (bicyclic) bond motifs is 2. The Morgan fingerprint density at radius 2 is 1.38 bits per heavy atom. The van der Waals surface area contributed by atoms with Crippen molar-refractivity contribution < 1.29 is 9.59 Å². The molecule has 6 heteroatoms. The molecule has 0 saturated heterocycles. The second-order valence-electron chi connectivity index (χ2n) is 8.76. The SMILES string of the molecule is C1=CNc2ccccc2N=C1.CC(C)CN1C(=O)CC(=O)N(CC(C)C)c2ccccc21. The topological polar surface area (TPSA) is 65.0 Å². The predicted molar refractivity (Wildman–Crippen MR) is 133 cm³/mol. The van der Waals surface area contributed by atoms with Gasteiger partial charge in [-0.1, -0.05) is 52.0 Å². The average Bonchev–Trinajstić information content (AvgIpc) is 3.05. The van der Waals surface area contributed by atoms with Gasteiger partial charge in [-0.3, -0.25) is 14.6 Å². The fourth-order valence-electron chi connectivity index (χ4n) is 3.65. The summed E-state index contributed by atoms with van der Waals surface area (Å²) in [4.78, 5) is 32.6. The van der Waals surface area contributed by atoms with Gasteiger partial charge in [0.25, 0.3) is 0 Å². The summed E-state index contributed by atoms with van der Waals surface area (Å²) >= 11 is 0. The molecule has 2 aliphatic heterocycles. The molecule has 32 heavy (non-hydrogen) atoms. The van der Waals surface area contributed by atoms with Crippen molar-refractivity contribution in [3.05, 3.63) is 60.8 Å². The summed E-state index contributed by atoms with van der Waals surface area (Å²) in [5.74, 6) is 0.502. The van der Waals surface area contributed by atoms with Gasteiger partial charge in [-0.15, -0.1) is 0 Å². The number of hydrogen-bond donors (Lipinski definition) is 1. The Morgan fingerprint density at radius 3 is 1.94 bits per heavy atom. The van der Waals surface area contributed by atoms with Crippen molar-refractivity contribution >= 4 is 40.8 Å². The molecule has 0 aromatic heterocycles. The van der Waals surface area contributed by atoms with E-state index in [9.17, 15) is 9.59 Å². The molecule has 2 aromatic rings. The highest BCUT2D eigenvalue weighted by Crippen LogP contribution is 2.34. The normalized spacial score (nSPS) is 14.9. The number of aliphatic imine (C=N–C) groups is 1. The van der Waals surface area contributed by atoms with E-state index in [1.807, 2.05) is 60.8 Å². The lowest BCUT2D eigenvalue weighted by atomic mass is 10.1. The van der Waals surface area contributed by atoms with E-state index in [1.54, 1.807) is 16.0 Å². The number of allylic oxidation sites excluding steroid dienone is 1. The number of rotatable bonds is 4. The van der Waals surface area contributed by atoms with Crippen LogP contribution in [0.15, 0.2) is 65.8 Å². The van der Waals surface area contributed by atoms with E-state index in [1.165, 1.54) is 0 Å². The van der Waals surface area contributed by atoms with Crippen LogP contribution in [0.3, 0.4) is 0 Å². The van der Waals surface area contributed by atoms with Gasteiger partial charge < -0.3 is 15.1 Å². The van der Waals surface area contributed by atoms with Crippen LogP contribution in [0.2, 0.25) is 0 Å². The van der Waals surface area contributed by atoms with Gasteiger partial charge in [0, 0.05) is 25.5 Å². The maximum atomic E-state index is 12.4. The van der Waals surface area contributed by atoms with Crippen molar-refractivity contribution in [3.8, 4) is 0 Å². The molecule has 0 unspecified atom stereocenters. The lowest BCUT2D eigenvalue weighted by Crippen LogP contribution is -2.36. The number of benzene rings is 2. The molecular formula is C26H32N4O2. The molecule has 2 heterocycles. The minimum absolute atomic E-state index is 0.0475. The van der Waals surface area contributed by atoms with Crippen LogP contribution in [0.5, 0.6) is 0 Å². The Morgan fingerprint density at radius 1 is 0.844 bits per heavy atom. The van der Waals surface area contributed by atoms with Gasteiger partial charge in [0.1, 0.15) is 6.42 Å². The van der Waals surface area contributed by atoms with Gasteiger partial charge in [-0.05, 0) is 42.2 Å². The third-order valence-electron chi connectivity index (χ3n) is 5.00. The first-order chi connectivity index (χ1) is 15.4. The summed E-state index contributed by atoms with van der Waals surface area (Å²) in [6.07, 6.45) is 5.47. The van der Waals surface area contributed by atoms with E-state index in [2.05, 4.69) is 38.0 Å². The van der Waals surface area contributed by atoms with Crippen LogP contribution in [-0.2, 0) is 9.59 Å². The van der Waals surface area contributed by atoms with Crippen LogP contribution in [0.25, 0.3) is 0 Å².